The average molecular weight is 232 g/mol. The van der Waals surface area contributed by atoms with Crippen LogP contribution in [0.1, 0.15) is 19.4 Å². The van der Waals surface area contributed by atoms with Crippen molar-refractivity contribution in [3.05, 3.63) is 29.8 Å². The average Bonchev–Trinajstić information content (AvgIpc) is 2.35. The highest BCUT2D eigenvalue weighted by atomic mass is 16.5. The molecular weight excluding hydrogens is 212 g/mol. The number of nitrogens with zero attached hydrogens (tertiary/aromatic N) is 1. The van der Waals surface area contributed by atoms with Gasteiger partial charge in [-0.05, 0) is 44.5 Å². The molecule has 0 aliphatic carbocycles. The largest absolute Gasteiger partial charge is 0.497 e. The van der Waals surface area contributed by atoms with Crippen LogP contribution in [0, 0.1) is 16.7 Å². The summed E-state index contributed by atoms with van der Waals surface area (Å²) in [5.41, 5.74) is 0.945. The van der Waals surface area contributed by atoms with Crippen LogP contribution in [0.15, 0.2) is 24.3 Å². The van der Waals surface area contributed by atoms with E-state index >= 15 is 0 Å². The van der Waals surface area contributed by atoms with Crippen molar-refractivity contribution in [2.45, 2.75) is 20.3 Å². The lowest BCUT2D eigenvalue weighted by Crippen LogP contribution is -2.29. The molecule has 1 aromatic rings. The molecule has 92 valence electrons. The van der Waals surface area contributed by atoms with E-state index in [4.69, 9.17) is 10.00 Å². The Labute approximate surface area is 103 Å². The molecule has 0 unspecified atom stereocenters. The molecular formula is C14H20N2O. The van der Waals surface area contributed by atoms with Crippen molar-refractivity contribution in [2.24, 2.45) is 5.41 Å². The Morgan fingerprint density at radius 1 is 1.41 bits per heavy atom. The van der Waals surface area contributed by atoms with E-state index in [1.54, 1.807) is 7.11 Å². The van der Waals surface area contributed by atoms with Gasteiger partial charge in [0.15, 0.2) is 0 Å². The molecule has 0 spiro atoms. The summed E-state index contributed by atoms with van der Waals surface area (Å²) >= 11 is 0. The van der Waals surface area contributed by atoms with Crippen molar-refractivity contribution in [2.75, 3.05) is 20.2 Å². The second-order valence-corrected chi connectivity index (χ2v) is 4.77. The number of methoxy groups -OCH3 is 1. The molecule has 0 heterocycles. The number of hydrogen-bond donors (Lipinski definition) is 1. The maximum absolute atomic E-state index is 8.87. The minimum absolute atomic E-state index is 0.297. The first kappa shape index (κ1) is 13.5. The lowest BCUT2D eigenvalue weighted by molar-refractivity contribution is 0.414. The third kappa shape index (κ3) is 4.88. The zero-order chi connectivity index (χ0) is 12.7. The molecule has 0 aliphatic rings. The number of benzene rings is 1. The predicted octanol–water partition coefficient (Wildman–Crippen LogP) is 2.38. The molecule has 17 heavy (non-hydrogen) atoms. The molecule has 0 saturated heterocycles. The summed E-state index contributed by atoms with van der Waals surface area (Å²) in [6.45, 7) is 5.46. The molecule has 0 aliphatic heterocycles. The molecule has 0 saturated carbocycles. The topological polar surface area (TPSA) is 45.0 Å². The Morgan fingerprint density at radius 2 is 2.18 bits per heavy atom. The Bertz CT molecular complexity index is 393. The van der Waals surface area contributed by atoms with Gasteiger partial charge in [-0.1, -0.05) is 12.1 Å². The minimum Gasteiger partial charge on any atom is -0.497 e. The van der Waals surface area contributed by atoms with Crippen LogP contribution in [-0.4, -0.2) is 20.2 Å². The Kier molecular flexibility index (Phi) is 4.99. The third-order valence-corrected chi connectivity index (χ3v) is 2.59. The molecule has 0 fully saturated rings. The highest BCUT2D eigenvalue weighted by Crippen LogP contribution is 2.13. The molecule has 0 aromatic heterocycles. The smallest absolute Gasteiger partial charge is 0.119 e. The molecule has 3 nitrogen and oxygen atoms in total. The van der Waals surface area contributed by atoms with E-state index in [2.05, 4.69) is 17.5 Å². The van der Waals surface area contributed by atoms with Crippen molar-refractivity contribution in [1.82, 2.24) is 5.32 Å². The van der Waals surface area contributed by atoms with Crippen molar-refractivity contribution in [3.8, 4) is 11.8 Å². The van der Waals surface area contributed by atoms with Crippen LogP contribution in [0.2, 0.25) is 0 Å². The van der Waals surface area contributed by atoms with E-state index in [1.165, 1.54) is 5.56 Å². The van der Waals surface area contributed by atoms with Crippen molar-refractivity contribution in [1.29, 1.82) is 5.26 Å². The number of hydrogen-bond acceptors (Lipinski definition) is 3. The summed E-state index contributed by atoms with van der Waals surface area (Å²) in [4.78, 5) is 0. The predicted molar refractivity (Wildman–Crippen MR) is 69.0 cm³/mol. The van der Waals surface area contributed by atoms with Gasteiger partial charge in [0, 0.05) is 6.54 Å². The summed E-state index contributed by atoms with van der Waals surface area (Å²) in [5, 5.41) is 12.2. The molecule has 0 amide bonds. The second kappa shape index (κ2) is 6.27. The SMILES string of the molecule is COc1cccc(CCNCC(C)(C)C#N)c1. The van der Waals surface area contributed by atoms with Gasteiger partial charge in [0.05, 0.1) is 18.6 Å². The molecule has 1 N–H and O–H groups in total. The van der Waals surface area contributed by atoms with Crippen LogP contribution in [0.5, 0.6) is 5.75 Å². The van der Waals surface area contributed by atoms with Gasteiger partial charge >= 0.3 is 0 Å². The number of nitriles is 1. The summed E-state index contributed by atoms with van der Waals surface area (Å²) < 4.78 is 5.17. The summed E-state index contributed by atoms with van der Waals surface area (Å²) in [5.74, 6) is 0.889. The van der Waals surface area contributed by atoms with Crippen LogP contribution < -0.4 is 10.1 Å². The Balaban J connectivity index is 2.34. The molecule has 1 rings (SSSR count). The lowest BCUT2D eigenvalue weighted by Gasteiger charge is -2.15. The van der Waals surface area contributed by atoms with Gasteiger partial charge in [-0.25, -0.2) is 0 Å². The van der Waals surface area contributed by atoms with E-state index in [1.807, 2.05) is 32.0 Å². The fourth-order valence-corrected chi connectivity index (χ4v) is 1.50. The Hall–Kier alpha value is -1.53. The van der Waals surface area contributed by atoms with Gasteiger partial charge in [-0.15, -0.1) is 0 Å². The zero-order valence-electron chi connectivity index (χ0n) is 10.8. The van der Waals surface area contributed by atoms with Crippen molar-refractivity contribution >= 4 is 0 Å². The van der Waals surface area contributed by atoms with E-state index < -0.39 is 0 Å². The number of ether oxygens (including phenoxy) is 1. The van der Waals surface area contributed by atoms with E-state index in [0.29, 0.717) is 6.54 Å². The van der Waals surface area contributed by atoms with Gasteiger partial charge in [0.25, 0.3) is 0 Å². The minimum atomic E-state index is -0.297. The van der Waals surface area contributed by atoms with Gasteiger partial charge in [0.1, 0.15) is 5.75 Å². The van der Waals surface area contributed by atoms with Crippen molar-refractivity contribution < 1.29 is 4.74 Å². The Morgan fingerprint density at radius 3 is 2.82 bits per heavy atom. The van der Waals surface area contributed by atoms with Gasteiger partial charge in [0.2, 0.25) is 0 Å². The first-order chi connectivity index (χ1) is 8.07. The van der Waals surface area contributed by atoms with Gasteiger partial charge in [-0.3, -0.25) is 0 Å². The maximum atomic E-state index is 8.87. The fourth-order valence-electron chi connectivity index (χ4n) is 1.50. The molecule has 3 heteroatoms. The molecule has 0 atom stereocenters. The van der Waals surface area contributed by atoms with Gasteiger partial charge in [-0.2, -0.15) is 5.26 Å². The molecule has 1 aromatic carbocycles. The number of rotatable bonds is 6. The molecule has 0 radical (unpaired) electrons. The maximum Gasteiger partial charge on any atom is 0.119 e. The van der Waals surface area contributed by atoms with Crippen molar-refractivity contribution in [3.63, 3.8) is 0 Å². The number of nitrogens with one attached hydrogen (secondary N) is 1. The standard InChI is InChI=1S/C14H20N2O/c1-14(2,10-15)11-16-8-7-12-5-4-6-13(9-12)17-3/h4-6,9,16H,7-8,11H2,1-3H3. The summed E-state index contributed by atoms with van der Waals surface area (Å²) in [6.07, 6.45) is 0.943. The van der Waals surface area contributed by atoms with Crippen LogP contribution in [-0.2, 0) is 6.42 Å². The van der Waals surface area contributed by atoms with Gasteiger partial charge < -0.3 is 10.1 Å². The van der Waals surface area contributed by atoms with E-state index in [9.17, 15) is 0 Å². The first-order valence-electron chi connectivity index (χ1n) is 5.82. The first-order valence-corrected chi connectivity index (χ1v) is 5.82. The highest BCUT2D eigenvalue weighted by Gasteiger charge is 2.15. The second-order valence-electron chi connectivity index (χ2n) is 4.77. The quantitative estimate of drug-likeness (QED) is 0.766. The normalized spacial score (nSPS) is 10.9. The van der Waals surface area contributed by atoms with Crippen LogP contribution in [0.4, 0.5) is 0 Å². The van der Waals surface area contributed by atoms with Crippen LogP contribution in [0.25, 0.3) is 0 Å². The lowest BCUT2D eigenvalue weighted by atomic mass is 9.96. The van der Waals surface area contributed by atoms with Crippen LogP contribution >= 0.6 is 0 Å². The molecule has 0 bridgehead atoms. The fraction of sp³-hybridized carbons (Fsp3) is 0.500. The van der Waals surface area contributed by atoms with E-state index in [0.717, 1.165) is 18.7 Å². The summed E-state index contributed by atoms with van der Waals surface area (Å²) in [6, 6.07) is 10.3. The van der Waals surface area contributed by atoms with E-state index in [-0.39, 0.29) is 5.41 Å². The van der Waals surface area contributed by atoms with Crippen LogP contribution in [0.3, 0.4) is 0 Å². The monoisotopic (exact) mass is 232 g/mol. The third-order valence-electron chi connectivity index (χ3n) is 2.59. The summed E-state index contributed by atoms with van der Waals surface area (Å²) in [7, 11) is 1.67. The highest BCUT2D eigenvalue weighted by molar-refractivity contribution is 5.28. The zero-order valence-corrected chi connectivity index (χ0v) is 10.8.